The average Bonchev–Trinajstić information content (AvgIpc) is 2.29. The molecule has 0 spiro atoms. The minimum Gasteiger partial charge on any atom is -0.276 e. The lowest BCUT2D eigenvalue weighted by Crippen LogP contribution is -1.87. The Kier molecular flexibility index (Phi) is 3.25. The van der Waals surface area contributed by atoms with Gasteiger partial charge >= 0.3 is 0 Å². The van der Waals surface area contributed by atoms with Crippen LogP contribution in [0.1, 0.15) is 12.5 Å². The van der Waals surface area contributed by atoms with Crippen molar-refractivity contribution >= 4 is 33.7 Å². The minimum absolute atomic E-state index is 0.257. The predicted molar refractivity (Wildman–Crippen MR) is 68.4 cm³/mol. The van der Waals surface area contributed by atoms with E-state index >= 15 is 0 Å². The number of carbonyl (C=O) groups is 1. The van der Waals surface area contributed by atoms with Gasteiger partial charge in [0, 0.05) is 5.57 Å². The Morgan fingerprint density at radius 1 is 1.18 bits per heavy atom. The Bertz CT molecular complexity index is 617. The second kappa shape index (κ2) is 4.68. The van der Waals surface area contributed by atoms with Crippen LogP contribution in [0.4, 0.5) is 4.39 Å². The summed E-state index contributed by atoms with van der Waals surface area (Å²) in [5, 5.41) is 1.29. The van der Waals surface area contributed by atoms with Gasteiger partial charge in [0.15, 0.2) is 0 Å². The fourth-order valence-corrected chi connectivity index (χ4v) is 1.69. The van der Waals surface area contributed by atoms with Crippen molar-refractivity contribution in [3.05, 3.63) is 53.4 Å². The molecule has 0 saturated heterocycles. The van der Waals surface area contributed by atoms with Crippen molar-refractivity contribution in [2.24, 2.45) is 0 Å². The second-order valence-corrected chi connectivity index (χ2v) is 4.20. The highest BCUT2D eigenvalue weighted by Gasteiger charge is 2.00. The molecule has 0 aliphatic carbocycles. The minimum atomic E-state index is -0.468. The molecule has 2 aromatic carbocycles. The molecule has 0 saturated carbocycles. The van der Waals surface area contributed by atoms with Crippen molar-refractivity contribution in [1.82, 2.24) is 0 Å². The number of hydrogen-bond acceptors (Lipinski definition) is 1. The SMILES string of the molecule is C/C(=C\c1ccc2cc(F)ccc2c1)C(=O)Cl. The Hall–Kier alpha value is -1.67. The highest BCUT2D eigenvalue weighted by Crippen LogP contribution is 2.19. The van der Waals surface area contributed by atoms with E-state index in [2.05, 4.69) is 0 Å². The summed E-state index contributed by atoms with van der Waals surface area (Å²) in [5.41, 5.74) is 1.35. The van der Waals surface area contributed by atoms with Crippen LogP contribution in [0.3, 0.4) is 0 Å². The maximum atomic E-state index is 13.0. The van der Waals surface area contributed by atoms with Crippen molar-refractivity contribution < 1.29 is 9.18 Å². The third-order valence-electron chi connectivity index (χ3n) is 2.52. The lowest BCUT2D eigenvalue weighted by molar-refractivity contribution is -0.108. The first-order chi connectivity index (χ1) is 8.06. The lowest BCUT2D eigenvalue weighted by Gasteiger charge is -2.01. The molecular formula is C14H10ClFO. The van der Waals surface area contributed by atoms with Crippen LogP contribution in [0.5, 0.6) is 0 Å². The number of allylic oxidation sites excluding steroid dienone is 1. The van der Waals surface area contributed by atoms with Crippen LogP contribution in [0.2, 0.25) is 0 Å². The van der Waals surface area contributed by atoms with Gasteiger partial charge in [-0.3, -0.25) is 4.79 Å². The first-order valence-electron chi connectivity index (χ1n) is 5.14. The van der Waals surface area contributed by atoms with Crippen molar-refractivity contribution in [3.8, 4) is 0 Å². The lowest BCUT2D eigenvalue weighted by atomic mass is 10.1. The van der Waals surface area contributed by atoms with E-state index in [0.717, 1.165) is 16.3 Å². The van der Waals surface area contributed by atoms with E-state index in [1.165, 1.54) is 12.1 Å². The monoisotopic (exact) mass is 248 g/mol. The maximum absolute atomic E-state index is 13.0. The van der Waals surface area contributed by atoms with Crippen LogP contribution in [0.25, 0.3) is 16.8 Å². The van der Waals surface area contributed by atoms with Crippen LogP contribution in [-0.4, -0.2) is 5.24 Å². The van der Waals surface area contributed by atoms with Gasteiger partial charge in [-0.2, -0.15) is 0 Å². The third kappa shape index (κ3) is 2.71. The summed E-state index contributed by atoms with van der Waals surface area (Å²) in [4.78, 5) is 10.9. The molecule has 3 heteroatoms. The summed E-state index contributed by atoms with van der Waals surface area (Å²) >= 11 is 5.36. The fourth-order valence-electron chi connectivity index (χ4n) is 1.63. The molecule has 0 amide bonds. The highest BCUT2D eigenvalue weighted by molar-refractivity contribution is 6.68. The zero-order chi connectivity index (χ0) is 12.4. The Morgan fingerprint density at radius 2 is 1.82 bits per heavy atom. The molecule has 0 aliphatic rings. The number of hydrogen-bond donors (Lipinski definition) is 0. The fraction of sp³-hybridized carbons (Fsp3) is 0.0714. The predicted octanol–water partition coefficient (Wildman–Crippen LogP) is 4.15. The van der Waals surface area contributed by atoms with Gasteiger partial charge in [-0.25, -0.2) is 4.39 Å². The van der Waals surface area contributed by atoms with E-state index in [1.54, 1.807) is 19.1 Å². The second-order valence-electron chi connectivity index (χ2n) is 3.85. The zero-order valence-corrected chi connectivity index (χ0v) is 9.96. The first kappa shape index (κ1) is 11.8. The van der Waals surface area contributed by atoms with Crippen LogP contribution in [-0.2, 0) is 4.79 Å². The van der Waals surface area contributed by atoms with Gasteiger partial charge in [-0.15, -0.1) is 0 Å². The largest absolute Gasteiger partial charge is 0.276 e. The smallest absolute Gasteiger partial charge is 0.248 e. The van der Waals surface area contributed by atoms with Crippen molar-refractivity contribution in [3.63, 3.8) is 0 Å². The normalized spacial score (nSPS) is 11.8. The Labute approximate surface area is 104 Å². The molecule has 0 heterocycles. The molecule has 0 aliphatic heterocycles. The first-order valence-corrected chi connectivity index (χ1v) is 5.51. The van der Waals surface area contributed by atoms with Crippen LogP contribution >= 0.6 is 11.6 Å². The van der Waals surface area contributed by atoms with E-state index in [4.69, 9.17) is 11.6 Å². The van der Waals surface area contributed by atoms with E-state index in [1.807, 2.05) is 18.2 Å². The summed E-state index contributed by atoms with van der Waals surface area (Å²) in [6.45, 7) is 1.66. The van der Waals surface area contributed by atoms with Crippen molar-refractivity contribution in [2.75, 3.05) is 0 Å². The third-order valence-corrected chi connectivity index (χ3v) is 2.82. The van der Waals surface area contributed by atoms with Gasteiger partial charge in [0.2, 0.25) is 5.24 Å². The number of fused-ring (bicyclic) bond motifs is 1. The molecule has 0 unspecified atom stereocenters. The molecular weight excluding hydrogens is 239 g/mol. The van der Waals surface area contributed by atoms with E-state index in [0.29, 0.717) is 5.57 Å². The molecule has 0 fully saturated rings. The van der Waals surface area contributed by atoms with Gasteiger partial charge < -0.3 is 0 Å². The summed E-state index contributed by atoms with van der Waals surface area (Å²) in [5.74, 6) is -0.257. The van der Waals surface area contributed by atoms with Gasteiger partial charge in [-0.1, -0.05) is 18.2 Å². The van der Waals surface area contributed by atoms with Gasteiger partial charge in [0.1, 0.15) is 5.82 Å². The molecule has 17 heavy (non-hydrogen) atoms. The maximum Gasteiger partial charge on any atom is 0.248 e. The van der Waals surface area contributed by atoms with Crippen molar-refractivity contribution in [2.45, 2.75) is 6.92 Å². The molecule has 1 nitrogen and oxygen atoms in total. The molecule has 0 bridgehead atoms. The number of carbonyl (C=O) groups excluding carboxylic acids is 1. The number of benzene rings is 2. The highest BCUT2D eigenvalue weighted by atomic mass is 35.5. The summed E-state index contributed by atoms with van der Waals surface area (Å²) < 4.78 is 13.0. The average molecular weight is 249 g/mol. The molecule has 0 atom stereocenters. The molecule has 2 rings (SSSR count). The van der Waals surface area contributed by atoms with E-state index in [-0.39, 0.29) is 5.82 Å². The number of rotatable bonds is 2. The standard InChI is InChI=1S/C14H10ClFO/c1-9(14(15)17)6-10-2-3-12-8-13(16)5-4-11(12)7-10/h2-8H,1H3/b9-6+. The topological polar surface area (TPSA) is 17.1 Å². The number of halogens is 2. The molecule has 2 aromatic rings. The molecule has 86 valence electrons. The summed E-state index contributed by atoms with van der Waals surface area (Å²) in [6.07, 6.45) is 1.71. The van der Waals surface area contributed by atoms with Crippen molar-refractivity contribution in [1.29, 1.82) is 0 Å². The summed E-state index contributed by atoms with van der Waals surface area (Å²) in [7, 11) is 0. The molecule has 0 aromatic heterocycles. The van der Waals surface area contributed by atoms with Gasteiger partial charge in [-0.05, 0) is 59.1 Å². The van der Waals surface area contributed by atoms with Crippen LogP contribution in [0.15, 0.2) is 42.0 Å². The van der Waals surface area contributed by atoms with E-state index < -0.39 is 5.24 Å². The Balaban J connectivity index is 2.49. The summed E-state index contributed by atoms with van der Waals surface area (Å²) in [6, 6.07) is 10.1. The van der Waals surface area contributed by atoms with Gasteiger partial charge in [0.25, 0.3) is 0 Å². The van der Waals surface area contributed by atoms with Gasteiger partial charge in [0.05, 0.1) is 0 Å². The van der Waals surface area contributed by atoms with E-state index in [9.17, 15) is 9.18 Å². The van der Waals surface area contributed by atoms with Crippen LogP contribution in [0, 0.1) is 5.82 Å². The Morgan fingerprint density at radius 3 is 2.53 bits per heavy atom. The molecule has 0 N–H and O–H groups in total. The zero-order valence-electron chi connectivity index (χ0n) is 9.21. The quantitative estimate of drug-likeness (QED) is 0.576. The molecule has 0 radical (unpaired) electrons. The van der Waals surface area contributed by atoms with Crippen LogP contribution < -0.4 is 0 Å².